The molecule has 0 aliphatic carbocycles. The number of aryl methyl sites for hydroxylation is 1. The Kier molecular flexibility index (Phi) is 6.10. The van der Waals surface area contributed by atoms with Crippen LogP contribution in [0.5, 0.6) is 0 Å². The minimum absolute atomic E-state index is 0.0443. The van der Waals surface area contributed by atoms with Crippen molar-refractivity contribution in [1.29, 1.82) is 0 Å². The van der Waals surface area contributed by atoms with Crippen LogP contribution in [-0.2, 0) is 15.8 Å². The van der Waals surface area contributed by atoms with Crippen molar-refractivity contribution in [2.75, 3.05) is 32.7 Å². The van der Waals surface area contributed by atoms with Gasteiger partial charge in [-0.05, 0) is 30.7 Å². The largest absolute Gasteiger partial charge is 0.322 e. The first-order chi connectivity index (χ1) is 14.4. The van der Waals surface area contributed by atoms with Gasteiger partial charge in [0.05, 0.1) is 23.0 Å². The van der Waals surface area contributed by atoms with E-state index in [0.29, 0.717) is 32.7 Å². The van der Waals surface area contributed by atoms with E-state index >= 15 is 0 Å². The molecule has 8 heteroatoms. The van der Waals surface area contributed by atoms with Crippen molar-refractivity contribution < 1.29 is 8.42 Å². The molecule has 1 unspecified atom stereocenters. The third-order valence-electron chi connectivity index (χ3n) is 5.59. The van der Waals surface area contributed by atoms with E-state index in [1.807, 2.05) is 55.5 Å². The van der Waals surface area contributed by atoms with Crippen LogP contribution in [0, 0.1) is 6.92 Å². The molecular formula is C22H27N5O2S. The summed E-state index contributed by atoms with van der Waals surface area (Å²) in [6.07, 6.45) is 1.76. The van der Waals surface area contributed by atoms with Gasteiger partial charge in [0.15, 0.2) is 0 Å². The van der Waals surface area contributed by atoms with Gasteiger partial charge in [0, 0.05) is 50.0 Å². The van der Waals surface area contributed by atoms with E-state index in [0.717, 1.165) is 27.9 Å². The fourth-order valence-electron chi connectivity index (χ4n) is 3.86. The lowest BCUT2D eigenvalue weighted by atomic mass is 10.1. The summed E-state index contributed by atoms with van der Waals surface area (Å²) < 4.78 is 27.0. The number of fused-ring (bicyclic) bond motifs is 1. The van der Waals surface area contributed by atoms with Crippen molar-refractivity contribution in [3.05, 3.63) is 71.7 Å². The fraction of sp³-hybridized carbons (Fsp3) is 0.364. The molecule has 2 aromatic heterocycles. The van der Waals surface area contributed by atoms with E-state index in [2.05, 4.69) is 9.88 Å². The first-order valence-electron chi connectivity index (χ1n) is 10.1. The Morgan fingerprint density at radius 3 is 2.50 bits per heavy atom. The van der Waals surface area contributed by atoms with Crippen LogP contribution in [0.4, 0.5) is 0 Å². The quantitative estimate of drug-likeness (QED) is 0.650. The Morgan fingerprint density at radius 1 is 1.03 bits per heavy atom. The van der Waals surface area contributed by atoms with Crippen LogP contribution in [0.1, 0.15) is 23.0 Å². The van der Waals surface area contributed by atoms with Crippen LogP contribution in [-0.4, -0.2) is 60.3 Å². The summed E-state index contributed by atoms with van der Waals surface area (Å²) in [6.45, 7) is 4.91. The molecule has 1 atom stereocenters. The lowest BCUT2D eigenvalue weighted by molar-refractivity contribution is 0.179. The van der Waals surface area contributed by atoms with E-state index in [-0.39, 0.29) is 11.8 Å². The van der Waals surface area contributed by atoms with Crippen LogP contribution >= 0.6 is 0 Å². The number of rotatable bonds is 6. The Balaban J connectivity index is 1.35. The predicted molar refractivity (Wildman–Crippen MR) is 118 cm³/mol. The number of piperazine rings is 1. The molecule has 0 amide bonds. The van der Waals surface area contributed by atoms with Crippen LogP contribution in [0.3, 0.4) is 0 Å². The van der Waals surface area contributed by atoms with Crippen LogP contribution in [0.25, 0.3) is 10.9 Å². The summed E-state index contributed by atoms with van der Waals surface area (Å²) in [4.78, 5) is 11.2. The van der Waals surface area contributed by atoms with Gasteiger partial charge in [0.2, 0.25) is 10.0 Å². The molecule has 2 N–H and O–H groups in total. The molecule has 7 nitrogen and oxygen atoms in total. The molecule has 3 heterocycles. The van der Waals surface area contributed by atoms with Crippen LogP contribution in [0.15, 0.2) is 54.7 Å². The number of hydrogen-bond donors (Lipinski definition) is 1. The average molecular weight is 426 g/mol. The van der Waals surface area contributed by atoms with Gasteiger partial charge in [-0.1, -0.05) is 30.3 Å². The average Bonchev–Trinajstić information content (AvgIpc) is 2.74. The molecule has 1 aromatic carbocycles. The van der Waals surface area contributed by atoms with Crippen LogP contribution in [0.2, 0.25) is 0 Å². The van der Waals surface area contributed by atoms with Crippen LogP contribution < -0.4 is 5.73 Å². The van der Waals surface area contributed by atoms with Gasteiger partial charge in [0.25, 0.3) is 0 Å². The molecule has 1 fully saturated rings. The van der Waals surface area contributed by atoms with Crippen molar-refractivity contribution in [3.63, 3.8) is 0 Å². The molecule has 0 spiro atoms. The molecule has 3 aromatic rings. The number of aromatic nitrogens is 2. The zero-order valence-corrected chi connectivity index (χ0v) is 17.9. The molecular weight excluding hydrogens is 398 g/mol. The van der Waals surface area contributed by atoms with Gasteiger partial charge in [-0.2, -0.15) is 4.31 Å². The highest BCUT2D eigenvalue weighted by Crippen LogP contribution is 2.19. The monoisotopic (exact) mass is 425 g/mol. The minimum atomic E-state index is -3.31. The fourth-order valence-corrected chi connectivity index (χ4v) is 5.37. The number of benzene rings is 1. The van der Waals surface area contributed by atoms with E-state index in [4.69, 9.17) is 10.7 Å². The lowest BCUT2D eigenvalue weighted by Gasteiger charge is -2.35. The molecule has 0 saturated carbocycles. The maximum Gasteiger partial charge on any atom is 0.218 e. The van der Waals surface area contributed by atoms with E-state index in [1.54, 1.807) is 10.5 Å². The summed E-state index contributed by atoms with van der Waals surface area (Å²) in [6, 6.07) is 15.0. The third kappa shape index (κ3) is 4.67. The normalized spacial score (nSPS) is 17.3. The highest BCUT2D eigenvalue weighted by Gasteiger charge is 2.28. The molecule has 1 saturated heterocycles. The number of nitrogens with zero attached hydrogens (tertiary/aromatic N) is 4. The summed E-state index contributed by atoms with van der Waals surface area (Å²) in [5.41, 5.74) is 9.93. The molecule has 0 bridgehead atoms. The van der Waals surface area contributed by atoms with Gasteiger partial charge in [-0.15, -0.1) is 0 Å². The molecule has 0 radical (unpaired) electrons. The number of sulfonamides is 1. The Morgan fingerprint density at radius 2 is 1.77 bits per heavy atom. The molecule has 158 valence electrons. The smallest absolute Gasteiger partial charge is 0.218 e. The molecule has 1 aliphatic rings. The number of hydrogen-bond acceptors (Lipinski definition) is 6. The molecule has 30 heavy (non-hydrogen) atoms. The zero-order valence-electron chi connectivity index (χ0n) is 17.1. The maximum atomic E-state index is 12.7. The molecule has 1 aliphatic heterocycles. The van der Waals surface area contributed by atoms with E-state index in [9.17, 15) is 8.42 Å². The number of nitrogens with two attached hydrogens (primary N) is 1. The highest BCUT2D eigenvalue weighted by molar-refractivity contribution is 7.88. The maximum absolute atomic E-state index is 12.7. The van der Waals surface area contributed by atoms with E-state index in [1.165, 1.54) is 0 Å². The topological polar surface area (TPSA) is 92.4 Å². The van der Waals surface area contributed by atoms with Gasteiger partial charge in [-0.25, -0.2) is 8.42 Å². The summed E-state index contributed by atoms with van der Waals surface area (Å²) in [5, 5.41) is 1.03. The summed E-state index contributed by atoms with van der Waals surface area (Å²) in [5.74, 6) is 0.0443. The Hall–Kier alpha value is -2.39. The lowest BCUT2D eigenvalue weighted by Crippen LogP contribution is -2.50. The predicted octanol–water partition coefficient (Wildman–Crippen LogP) is 2.09. The Labute approximate surface area is 177 Å². The number of pyridine rings is 2. The second-order valence-corrected chi connectivity index (χ2v) is 9.72. The van der Waals surface area contributed by atoms with Gasteiger partial charge < -0.3 is 5.73 Å². The van der Waals surface area contributed by atoms with E-state index < -0.39 is 10.0 Å². The van der Waals surface area contributed by atoms with Crippen molar-refractivity contribution >= 4 is 20.9 Å². The first-order valence-corrected chi connectivity index (χ1v) is 11.8. The first kappa shape index (κ1) is 20.9. The Bertz CT molecular complexity index is 1110. The second kappa shape index (κ2) is 8.77. The third-order valence-corrected chi connectivity index (χ3v) is 7.44. The van der Waals surface area contributed by atoms with Crippen molar-refractivity contribution in [2.45, 2.75) is 18.7 Å². The van der Waals surface area contributed by atoms with Gasteiger partial charge in [-0.3, -0.25) is 14.9 Å². The van der Waals surface area contributed by atoms with Crippen molar-refractivity contribution in [2.24, 2.45) is 5.73 Å². The highest BCUT2D eigenvalue weighted by atomic mass is 32.2. The zero-order chi connectivity index (χ0) is 21.1. The van der Waals surface area contributed by atoms with Crippen molar-refractivity contribution in [1.82, 2.24) is 19.2 Å². The standard InChI is InChI=1S/C22H27N5O2S/c1-17-19-7-8-22(25-21(19)9-10-24-17)20(23)15-26-11-13-27(14-12-26)30(28,29)16-18-5-3-2-4-6-18/h2-10,20H,11-16,23H2,1H3. The minimum Gasteiger partial charge on any atom is -0.322 e. The van der Waals surface area contributed by atoms with Gasteiger partial charge in [0.1, 0.15) is 0 Å². The molecule has 4 rings (SSSR count). The van der Waals surface area contributed by atoms with Crippen molar-refractivity contribution in [3.8, 4) is 0 Å². The second-order valence-electron chi connectivity index (χ2n) is 7.75. The summed E-state index contributed by atoms with van der Waals surface area (Å²) in [7, 11) is -3.31. The SMILES string of the molecule is Cc1nccc2nc(C(N)CN3CCN(S(=O)(=O)Cc4ccccc4)CC3)ccc12. The summed E-state index contributed by atoms with van der Waals surface area (Å²) >= 11 is 0. The van der Waals surface area contributed by atoms with Gasteiger partial charge >= 0.3 is 0 Å².